The number of aromatic nitrogens is 2. The lowest BCUT2D eigenvalue weighted by Gasteiger charge is -2.05. The molecule has 0 saturated carbocycles. The Morgan fingerprint density at radius 3 is 2.67 bits per heavy atom. The number of rotatable bonds is 3. The van der Waals surface area contributed by atoms with E-state index in [2.05, 4.69) is 4.98 Å². The highest BCUT2D eigenvalue weighted by Crippen LogP contribution is 2.21. The lowest BCUT2D eigenvalue weighted by atomic mass is 10.3. The molecule has 0 bridgehead atoms. The van der Waals surface area contributed by atoms with Gasteiger partial charge in [0, 0.05) is 4.90 Å². The Morgan fingerprint density at radius 1 is 1.39 bits per heavy atom. The molecule has 94 valence electrons. The van der Waals surface area contributed by atoms with Crippen LogP contribution in [0.25, 0.3) is 0 Å². The van der Waals surface area contributed by atoms with Crippen molar-refractivity contribution < 1.29 is 9.13 Å². The van der Waals surface area contributed by atoms with Crippen molar-refractivity contribution in [2.45, 2.75) is 4.90 Å². The molecule has 0 amide bonds. The third kappa shape index (κ3) is 2.62. The van der Waals surface area contributed by atoms with Crippen LogP contribution in [0.2, 0.25) is 0 Å². The largest absolute Gasteiger partial charge is 0.497 e. The van der Waals surface area contributed by atoms with Crippen molar-refractivity contribution in [3.63, 3.8) is 0 Å². The molecule has 2 aromatic rings. The van der Waals surface area contributed by atoms with Crippen LogP contribution in [0.15, 0.2) is 40.2 Å². The number of nitrogen functional groups attached to an aromatic ring is 1. The predicted molar refractivity (Wildman–Crippen MR) is 67.1 cm³/mol. The first-order valence-corrected chi connectivity index (χ1v) is 5.74. The molecule has 1 aromatic carbocycles. The van der Waals surface area contributed by atoms with Gasteiger partial charge >= 0.3 is 5.69 Å². The molecule has 7 heteroatoms. The summed E-state index contributed by atoms with van der Waals surface area (Å²) in [6.07, 6.45) is 1.01. The molecule has 0 fully saturated rings. The molecule has 0 atom stereocenters. The topological polar surface area (TPSA) is 70.1 Å². The molecule has 0 unspecified atom stereocenters. The van der Waals surface area contributed by atoms with Crippen LogP contribution in [0.4, 0.5) is 10.2 Å². The summed E-state index contributed by atoms with van der Waals surface area (Å²) < 4.78 is 19.3. The monoisotopic (exact) mass is 267 g/mol. The second kappa shape index (κ2) is 5.09. The molecular weight excluding hydrogens is 257 g/mol. The van der Waals surface area contributed by atoms with Crippen molar-refractivity contribution in [3.8, 4) is 5.75 Å². The first-order valence-electron chi connectivity index (χ1n) is 4.97. The number of hydrogen-bond acceptors (Lipinski definition) is 5. The normalized spacial score (nSPS) is 10.3. The molecule has 0 spiro atoms. The number of anilines is 1. The molecule has 0 radical (unpaired) electrons. The van der Waals surface area contributed by atoms with Crippen LogP contribution >= 0.6 is 11.9 Å². The Hall–Kier alpha value is -2.02. The van der Waals surface area contributed by atoms with Gasteiger partial charge in [0.15, 0.2) is 11.6 Å². The van der Waals surface area contributed by atoms with Gasteiger partial charge in [-0.05, 0) is 36.2 Å². The standard InChI is InChI=1S/C11H10FN3O2S/c1-17-7-2-4-8(5-3-7)18-15-6-9(12)10(13)14-11(15)16/h2-6H,1H3,(H2,13,14,16). The highest BCUT2D eigenvalue weighted by Gasteiger charge is 2.06. The smallest absolute Gasteiger partial charge is 0.360 e. The maximum atomic E-state index is 13.2. The zero-order valence-corrected chi connectivity index (χ0v) is 10.3. The quantitative estimate of drug-likeness (QED) is 0.913. The van der Waals surface area contributed by atoms with Gasteiger partial charge < -0.3 is 10.5 Å². The summed E-state index contributed by atoms with van der Waals surface area (Å²) in [5.41, 5.74) is 4.58. The maximum absolute atomic E-state index is 13.2. The number of methoxy groups -OCH3 is 1. The minimum Gasteiger partial charge on any atom is -0.497 e. The first kappa shape index (κ1) is 12.4. The number of halogens is 1. The van der Waals surface area contributed by atoms with E-state index in [9.17, 15) is 9.18 Å². The summed E-state index contributed by atoms with van der Waals surface area (Å²) in [5, 5.41) is 0. The SMILES string of the molecule is COc1ccc(Sn2cc(F)c(N)nc2=O)cc1. The van der Waals surface area contributed by atoms with Crippen LogP contribution < -0.4 is 16.2 Å². The Morgan fingerprint density at radius 2 is 2.06 bits per heavy atom. The molecule has 0 aliphatic carbocycles. The number of nitrogens with zero attached hydrogens (tertiary/aromatic N) is 2. The highest BCUT2D eigenvalue weighted by atomic mass is 32.2. The van der Waals surface area contributed by atoms with E-state index in [0.29, 0.717) is 5.75 Å². The van der Waals surface area contributed by atoms with Gasteiger partial charge in [-0.2, -0.15) is 4.98 Å². The van der Waals surface area contributed by atoms with Crippen LogP contribution in [-0.4, -0.2) is 16.1 Å². The third-order valence-corrected chi connectivity index (χ3v) is 3.08. The summed E-state index contributed by atoms with van der Waals surface area (Å²) in [4.78, 5) is 15.6. The van der Waals surface area contributed by atoms with Gasteiger partial charge in [-0.15, -0.1) is 0 Å². The van der Waals surface area contributed by atoms with Gasteiger partial charge in [0.05, 0.1) is 13.3 Å². The predicted octanol–water partition coefficient (Wildman–Crippen LogP) is 1.53. The minimum atomic E-state index is -0.726. The first-order chi connectivity index (χ1) is 8.60. The van der Waals surface area contributed by atoms with Crippen molar-refractivity contribution in [2.24, 2.45) is 0 Å². The molecule has 2 N–H and O–H groups in total. The van der Waals surface area contributed by atoms with Crippen LogP contribution in [0.5, 0.6) is 5.75 Å². The summed E-state index contributed by atoms with van der Waals surface area (Å²) in [6.45, 7) is 0. The summed E-state index contributed by atoms with van der Waals surface area (Å²) >= 11 is 1.05. The van der Waals surface area contributed by atoms with E-state index in [0.717, 1.165) is 27.0 Å². The number of benzene rings is 1. The van der Waals surface area contributed by atoms with Gasteiger partial charge in [0.2, 0.25) is 0 Å². The molecule has 1 heterocycles. The molecule has 5 nitrogen and oxygen atoms in total. The number of hydrogen-bond donors (Lipinski definition) is 1. The fourth-order valence-corrected chi connectivity index (χ4v) is 1.99. The molecule has 0 aliphatic heterocycles. The van der Waals surface area contributed by atoms with Gasteiger partial charge in [0.1, 0.15) is 5.75 Å². The average Bonchev–Trinajstić information content (AvgIpc) is 2.37. The van der Waals surface area contributed by atoms with E-state index in [-0.39, 0.29) is 0 Å². The Kier molecular flexibility index (Phi) is 3.52. The van der Waals surface area contributed by atoms with Crippen molar-refractivity contribution in [2.75, 3.05) is 12.8 Å². The van der Waals surface area contributed by atoms with E-state index >= 15 is 0 Å². The summed E-state index contributed by atoms with van der Waals surface area (Å²) in [7, 11) is 1.56. The molecule has 0 saturated heterocycles. The van der Waals surface area contributed by atoms with E-state index in [1.165, 1.54) is 0 Å². The molecule has 18 heavy (non-hydrogen) atoms. The number of nitrogens with two attached hydrogens (primary N) is 1. The van der Waals surface area contributed by atoms with Crippen LogP contribution in [0.3, 0.4) is 0 Å². The number of ether oxygens (including phenoxy) is 1. The second-order valence-corrected chi connectivity index (χ2v) is 4.40. The fourth-order valence-electron chi connectivity index (χ4n) is 1.25. The van der Waals surface area contributed by atoms with Crippen LogP contribution in [0.1, 0.15) is 0 Å². The second-order valence-electron chi connectivity index (χ2n) is 3.35. The van der Waals surface area contributed by atoms with Crippen molar-refractivity contribution >= 4 is 17.8 Å². The fraction of sp³-hybridized carbons (Fsp3) is 0.0909. The molecule has 0 aliphatic rings. The van der Waals surface area contributed by atoms with Crippen molar-refractivity contribution in [1.29, 1.82) is 0 Å². The highest BCUT2D eigenvalue weighted by molar-refractivity contribution is 7.97. The molecule has 1 aromatic heterocycles. The van der Waals surface area contributed by atoms with Gasteiger partial charge in [0.25, 0.3) is 0 Å². The van der Waals surface area contributed by atoms with E-state index in [4.69, 9.17) is 10.5 Å². The van der Waals surface area contributed by atoms with Crippen LogP contribution in [0, 0.1) is 5.82 Å². The summed E-state index contributed by atoms with van der Waals surface area (Å²) in [5.74, 6) is -0.421. The zero-order valence-electron chi connectivity index (χ0n) is 9.46. The zero-order chi connectivity index (χ0) is 13.1. The van der Waals surface area contributed by atoms with Gasteiger partial charge in [-0.25, -0.2) is 13.2 Å². The Bertz CT molecular complexity index is 613. The van der Waals surface area contributed by atoms with Crippen LogP contribution in [-0.2, 0) is 0 Å². The van der Waals surface area contributed by atoms with E-state index < -0.39 is 17.3 Å². The Balaban J connectivity index is 2.28. The van der Waals surface area contributed by atoms with E-state index in [1.54, 1.807) is 31.4 Å². The average molecular weight is 267 g/mol. The maximum Gasteiger partial charge on any atom is 0.360 e. The van der Waals surface area contributed by atoms with Crippen molar-refractivity contribution in [3.05, 3.63) is 46.8 Å². The Labute approximate surface area is 107 Å². The van der Waals surface area contributed by atoms with Crippen molar-refractivity contribution in [1.82, 2.24) is 8.96 Å². The van der Waals surface area contributed by atoms with Gasteiger partial charge in [-0.3, -0.25) is 0 Å². The van der Waals surface area contributed by atoms with E-state index in [1.807, 2.05) is 0 Å². The third-order valence-electron chi connectivity index (χ3n) is 2.14. The lowest BCUT2D eigenvalue weighted by molar-refractivity contribution is 0.414. The summed E-state index contributed by atoms with van der Waals surface area (Å²) in [6, 6.07) is 7.00. The van der Waals surface area contributed by atoms with Gasteiger partial charge in [-0.1, -0.05) is 0 Å². The molecular formula is C11H10FN3O2S. The minimum absolute atomic E-state index is 0.397. The lowest BCUT2D eigenvalue weighted by Crippen LogP contribution is -2.20. The molecule has 2 rings (SSSR count).